The Morgan fingerprint density at radius 1 is 1.15 bits per heavy atom. The van der Waals surface area contributed by atoms with E-state index < -0.39 is 5.91 Å². The van der Waals surface area contributed by atoms with Gasteiger partial charge in [0.15, 0.2) is 5.76 Å². The third-order valence-corrected chi connectivity index (χ3v) is 6.59. The van der Waals surface area contributed by atoms with Crippen LogP contribution in [0, 0.1) is 25.6 Å². The lowest BCUT2D eigenvalue weighted by molar-refractivity contribution is 0.0891. The van der Waals surface area contributed by atoms with Crippen LogP contribution in [0.2, 0.25) is 0 Å². The first-order valence-corrected chi connectivity index (χ1v) is 11.6. The van der Waals surface area contributed by atoms with E-state index >= 15 is 0 Å². The second kappa shape index (κ2) is 9.38. The number of likely N-dealkylation sites (tertiary alicyclic amines) is 1. The van der Waals surface area contributed by atoms with E-state index in [1.807, 2.05) is 44.2 Å². The number of furan rings is 1. The van der Waals surface area contributed by atoms with Crippen LogP contribution in [-0.2, 0) is 6.54 Å². The smallest absolute Gasteiger partial charge is 0.316 e. The van der Waals surface area contributed by atoms with Crippen molar-refractivity contribution in [2.45, 2.75) is 33.2 Å². The molecule has 2 aromatic carbocycles. The van der Waals surface area contributed by atoms with Crippen molar-refractivity contribution in [2.75, 3.05) is 19.6 Å². The molecule has 1 aliphatic rings. The number of aromatic nitrogens is 2. The van der Waals surface area contributed by atoms with Crippen molar-refractivity contribution < 1.29 is 18.1 Å². The number of nitrogens with zero attached hydrogens (tertiary/aromatic N) is 3. The molecule has 1 N–H and O–H groups in total. The van der Waals surface area contributed by atoms with Crippen molar-refractivity contribution in [3.8, 4) is 11.6 Å². The van der Waals surface area contributed by atoms with Gasteiger partial charge in [-0.1, -0.05) is 41.6 Å². The minimum absolute atomic E-state index is 0.0800. The minimum Gasteiger partial charge on any atom is -0.452 e. The van der Waals surface area contributed by atoms with Crippen molar-refractivity contribution in [2.24, 2.45) is 5.92 Å². The van der Waals surface area contributed by atoms with E-state index in [0.717, 1.165) is 53.6 Å². The Bertz CT molecular complexity index is 1320. The molecule has 0 radical (unpaired) electrons. The summed E-state index contributed by atoms with van der Waals surface area (Å²) in [5.74, 6) is 0.489. The first kappa shape index (κ1) is 22.3. The zero-order valence-corrected chi connectivity index (χ0v) is 19.3. The van der Waals surface area contributed by atoms with Crippen LogP contribution in [0.4, 0.5) is 4.39 Å². The van der Waals surface area contributed by atoms with Crippen molar-refractivity contribution >= 4 is 16.9 Å². The van der Waals surface area contributed by atoms with Gasteiger partial charge in [-0.2, -0.15) is 4.98 Å². The molecule has 0 unspecified atom stereocenters. The summed E-state index contributed by atoms with van der Waals surface area (Å²) < 4.78 is 25.1. The minimum atomic E-state index is -0.391. The third kappa shape index (κ3) is 4.46. The van der Waals surface area contributed by atoms with Crippen LogP contribution in [0.5, 0.6) is 0 Å². The van der Waals surface area contributed by atoms with Gasteiger partial charge >= 0.3 is 11.8 Å². The highest BCUT2D eigenvalue weighted by atomic mass is 19.1. The molecule has 34 heavy (non-hydrogen) atoms. The van der Waals surface area contributed by atoms with Gasteiger partial charge < -0.3 is 14.3 Å². The van der Waals surface area contributed by atoms with Crippen LogP contribution >= 0.6 is 0 Å². The number of halogens is 1. The second-order valence-electron chi connectivity index (χ2n) is 8.95. The summed E-state index contributed by atoms with van der Waals surface area (Å²) in [6.45, 7) is 6.79. The topological polar surface area (TPSA) is 84.4 Å². The van der Waals surface area contributed by atoms with Gasteiger partial charge in [0.05, 0.1) is 0 Å². The molecule has 0 bridgehead atoms. The average Bonchev–Trinajstić information content (AvgIpc) is 3.46. The van der Waals surface area contributed by atoms with E-state index in [2.05, 4.69) is 20.4 Å². The molecule has 3 heterocycles. The van der Waals surface area contributed by atoms with E-state index in [0.29, 0.717) is 24.8 Å². The van der Waals surface area contributed by atoms with E-state index in [1.54, 1.807) is 6.07 Å². The Morgan fingerprint density at radius 3 is 2.71 bits per heavy atom. The molecular weight excluding hydrogens is 435 g/mol. The number of hydrogen-bond acceptors (Lipinski definition) is 6. The Hall–Kier alpha value is -3.52. The molecule has 0 aliphatic carbocycles. The molecule has 7 nitrogen and oxygen atoms in total. The van der Waals surface area contributed by atoms with Gasteiger partial charge in [0, 0.05) is 29.6 Å². The molecule has 1 aliphatic heterocycles. The van der Waals surface area contributed by atoms with Crippen LogP contribution in [0.25, 0.3) is 22.6 Å². The number of fused-ring (bicyclic) bond motifs is 1. The summed E-state index contributed by atoms with van der Waals surface area (Å²) in [7, 11) is 0. The van der Waals surface area contributed by atoms with Crippen molar-refractivity contribution in [3.05, 3.63) is 70.9 Å². The standard InChI is InChI=1S/C26H27FN4O3/c1-16-6-5-8-20-17(2)23(33-22(16)20)24-29-26(34-30-24)25(32)28-14-18-10-12-31(13-11-18)15-19-7-3-4-9-21(19)27/h3-9,18H,10-15H2,1-2H3,(H,28,32). The number of rotatable bonds is 6. The Morgan fingerprint density at radius 2 is 1.94 bits per heavy atom. The molecule has 1 fully saturated rings. The molecule has 176 valence electrons. The molecular formula is C26H27FN4O3. The van der Waals surface area contributed by atoms with E-state index in [4.69, 9.17) is 8.94 Å². The SMILES string of the molecule is Cc1c(-c2noc(C(=O)NCC3CCN(Cc4ccccc4F)CC3)n2)oc2c(C)cccc12. The zero-order valence-electron chi connectivity index (χ0n) is 19.3. The molecule has 8 heteroatoms. The van der Waals surface area contributed by atoms with Crippen LogP contribution < -0.4 is 5.32 Å². The van der Waals surface area contributed by atoms with Crippen molar-refractivity contribution in [1.29, 1.82) is 0 Å². The molecule has 5 rings (SSSR count). The van der Waals surface area contributed by atoms with Crippen molar-refractivity contribution in [1.82, 2.24) is 20.4 Å². The van der Waals surface area contributed by atoms with Gasteiger partial charge in [-0.15, -0.1) is 0 Å². The zero-order chi connectivity index (χ0) is 23.7. The quantitative estimate of drug-likeness (QED) is 0.440. The van der Waals surface area contributed by atoms with Gasteiger partial charge in [-0.05, 0) is 57.3 Å². The van der Waals surface area contributed by atoms with E-state index in [9.17, 15) is 9.18 Å². The molecule has 1 amide bonds. The van der Waals surface area contributed by atoms with Gasteiger partial charge in [0.2, 0.25) is 5.82 Å². The third-order valence-electron chi connectivity index (χ3n) is 6.59. The summed E-state index contributed by atoms with van der Waals surface area (Å²) in [6, 6.07) is 12.8. The van der Waals surface area contributed by atoms with Gasteiger partial charge in [0.25, 0.3) is 0 Å². The molecule has 0 spiro atoms. The normalized spacial score (nSPS) is 15.1. The number of aryl methyl sites for hydroxylation is 2. The summed E-state index contributed by atoms with van der Waals surface area (Å²) in [5, 5.41) is 7.87. The average molecular weight is 463 g/mol. The van der Waals surface area contributed by atoms with Gasteiger partial charge in [-0.25, -0.2) is 4.39 Å². The fourth-order valence-electron chi connectivity index (χ4n) is 4.53. The largest absolute Gasteiger partial charge is 0.452 e. The predicted molar refractivity (Wildman–Crippen MR) is 126 cm³/mol. The summed E-state index contributed by atoms with van der Waals surface area (Å²) in [6.07, 6.45) is 1.86. The Balaban J connectivity index is 1.16. The number of carbonyl (C=O) groups is 1. The lowest BCUT2D eigenvalue weighted by Gasteiger charge is -2.32. The Kier molecular flexibility index (Phi) is 6.15. The molecule has 0 saturated carbocycles. The first-order chi connectivity index (χ1) is 16.5. The summed E-state index contributed by atoms with van der Waals surface area (Å²) in [4.78, 5) is 19.1. The predicted octanol–water partition coefficient (Wildman–Crippen LogP) is 4.88. The monoisotopic (exact) mass is 462 g/mol. The Labute approximate surface area is 196 Å². The highest BCUT2D eigenvalue weighted by Crippen LogP contribution is 2.33. The highest BCUT2D eigenvalue weighted by Gasteiger charge is 2.24. The lowest BCUT2D eigenvalue weighted by Crippen LogP contribution is -2.38. The van der Waals surface area contributed by atoms with Crippen LogP contribution in [-0.4, -0.2) is 40.6 Å². The number of piperidine rings is 1. The van der Waals surface area contributed by atoms with Crippen LogP contribution in [0.3, 0.4) is 0 Å². The summed E-state index contributed by atoms with van der Waals surface area (Å²) in [5.41, 5.74) is 3.44. The van der Waals surface area contributed by atoms with Crippen LogP contribution in [0.1, 0.15) is 40.2 Å². The highest BCUT2D eigenvalue weighted by molar-refractivity contribution is 5.91. The van der Waals surface area contributed by atoms with E-state index in [-0.39, 0.29) is 17.5 Å². The fourth-order valence-corrected chi connectivity index (χ4v) is 4.53. The van der Waals surface area contributed by atoms with Gasteiger partial charge in [-0.3, -0.25) is 9.69 Å². The maximum atomic E-state index is 13.9. The number of nitrogens with one attached hydrogen (secondary N) is 1. The number of hydrogen-bond donors (Lipinski definition) is 1. The molecule has 1 saturated heterocycles. The molecule has 0 atom stereocenters. The molecule has 4 aromatic rings. The number of benzene rings is 2. The fraction of sp³-hybridized carbons (Fsp3) is 0.346. The van der Waals surface area contributed by atoms with E-state index in [1.165, 1.54) is 6.07 Å². The number of carbonyl (C=O) groups excluding carboxylic acids is 1. The number of para-hydroxylation sites is 1. The van der Waals surface area contributed by atoms with Crippen LogP contribution in [0.15, 0.2) is 51.4 Å². The van der Waals surface area contributed by atoms with Crippen molar-refractivity contribution in [3.63, 3.8) is 0 Å². The molecule has 2 aromatic heterocycles. The number of amides is 1. The van der Waals surface area contributed by atoms with Gasteiger partial charge in [0.1, 0.15) is 11.4 Å². The maximum Gasteiger partial charge on any atom is 0.316 e. The second-order valence-corrected chi connectivity index (χ2v) is 8.95. The summed E-state index contributed by atoms with van der Waals surface area (Å²) >= 11 is 0. The maximum absolute atomic E-state index is 13.9. The lowest BCUT2D eigenvalue weighted by atomic mass is 9.96. The first-order valence-electron chi connectivity index (χ1n) is 11.6.